The van der Waals surface area contributed by atoms with Gasteiger partial charge < -0.3 is 10.1 Å². The molecule has 5 nitrogen and oxygen atoms in total. The van der Waals surface area contributed by atoms with E-state index in [9.17, 15) is 9.59 Å². The van der Waals surface area contributed by atoms with Gasteiger partial charge in [0.05, 0.1) is 13.0 Å². The maximum atomic E-state index is 12.5. The molecule has 2 aromatic carbocycles. The van der Waals surface area contributed by atoms with Crippen molar-refractivity contribution in [3.05, 3.63) is 78.1 Å². The zero-order valence-corrected chi connectivity index (χ0v) is 15.9. The Labute approximate surface area is 164 Å². The quantitative estimate of drug-likeness (QED) is 0.482. The molecule has 28 heavy (non-hydrogen) atoms. The van der Waals surface area contributed by atoms with Gasteiger partial charge in [0.2, 0.25) is 5.91 Å². The average Bonchev–Trinajstić information content (AvgIpc) is 2.70. The summed E-state index contributed by atoms with van der Waals surface area (Å²) in [6, 6.07) is 18.2. The average molecular weight is 374 g/mol. The summed E-state index contributed by atoms with van der Waals surface area (Å²) < 4.78 is 5.37. The summed E-state index contributed by atoms with van der Waals surface area (Å²) in [5, 5.41) is 2.74. The minimum absolute atomic E-state index is 0.216. The van der Waals surface area contributed by atoms with Crippen LogP contribution in [0.2, 0.25) is 0 Å². The van der Waals surface area contributed by atoms with Gasteiger partial charge in [0.15, 0.2) is 5.78 Å². The molecule has 0 unspecified atom stereocenters. The summed E-state index contributed by atoms with van der Waals surface area (Å²) in [5.41, 5.74) is 3.95. The third kappa shape index (κ3) is 5.04. The summed E-state index contributed by atoms with van der Waals surface area (Å²) in [7, 11) is 0. The largest absolute Gasteiger partial charge is 0.494 e. The lowest BCUT2D eigenvalue weighted by molar-refractivity contribution is -0.115. The zero-order valence-electron chi connectivity index (χ0n) is 15.9. The molecule has 5 heteroatoms. The monoisotopic (exact) mass is 374 g/mol. The van der Waals surface area contributed by atoms with Crippen LogP contribution in [0.4, 0.5) is 5.69 Å². The zero-order chi connectivity index (χ0) is 19.9. The predicted molar refractivity (Wildman–Crippen MR) is 110 cm³/mol. The number of nitrogens with one attached hydrogen (secondary N) is 1. The van der Waals surface area contributed by atoms with Gasteiger partial charge in [-0.3, -0.25) is 14.6 Å². The Hall–Kier alpha value is -3.47. The van der Waals surface area contributed by atoms with Gasteiger partial charge in [-0.05, 0) is 67.4 Å². The van der Waals surface area contributed by atoms with Crippen molar-refractivity contribution in [1.82, 2.24) is 4.98 Å². The highest BCUT2D eigenvalue weighted by molar-refractivity contribution is 6.11. The van der Waals surface area contributed by atoms with Gasteiger partial charge in [-0.25, -0.2) is 0 Å². The van der Waals surface area contributed by atoms with Gasteiger partial charge in [-0.1, -0.05) is 18.2 Å². The van der Waals surface area contributed by atoms with Gasteiger partial charge in [0, 0.05) is 23.1 Å². The standard InChI is InChI=1S/C23H22N2O3/c1-3-28-21-9-7-20(8-10-21)25-23(27)15-22(26)19-6-4-5-17(14-19)18-11-12-24-16(2)13-18/h4-14H,3,15H2,1-2H3,(H,25,27). The second-order valence-electron chi connectivity index (χ2n) is 6.37. The SMILES string of the molecule is CCOc1ccc(NC(=O)CC(=O)c2cccc(-c3ccnc(C)c3)c2)cc1. The first-order chi connectivity index (χ1) is 13.5. The number of carbonyl (C=O) groups excluding carboxylic acids is 2. The van der Waals surface area contributed by atoms with Crippen molar-refractivity contribution in [3.63, 3.8) is 0 Å². The minimum Gasteiger partial charge on any atom is -0.494 e. The summed E-state index contributed by atoms with van der Waals surface area (Å²) in [4.78, 5) is 29.0. The van der Waals surface area contributed by atoms with E-state index in [1.54, 1.807) is 42.6 Å². The highest BCUT2D eigenvalue weighted by Gasteiger charge is 2.13. The van der Waals surface area contributed by atoms with Crippen LogP contribution in [-0.2, 0) is 4.79 Å². The predicted octanol–water partition coefficient (Wildman–Crippen LogP) is 4.67. The molecule has 0 fully saturated rings. The van der Waals surface area contributed by atoms with E-state index in [4.69, 9.17) is 4.74 Å². The highest BCUT2D eigenvalue weighted by atomic mass is 16.5. The number of aromatic nitrogens is 1. The molecule has 142 valence electrons. The maximum absolute atomic E-state index is 12.5. The number of carbonyl (C=O) groups is 2. The molecule has 0 spiro atoms. The van der Waals surface area contributed by atoms with Gasteiger partial charge in [-0.2, -0.15) is 0 Å². The van der Waals surface area contributed by atoms with Crippen LogP contribution in [0.1, 0.15) is 29.4 Å². The first-order valence-electron chi connectivity index (χ1n) is 9.14. The molecule has 0 bridgehead atoms. The number of hydrogen-bond acceptors (Lipinski definition) is 4. The Kier molecular flexibility index (Phi) is 6.17. The van der Waals surface area contributed by atoms with E-state index in [-0.39, 0.29) is 18.1 Å². The number of Topliss-reactive ketones (excluding diaryl/α,β-unsaturated/α-hetero) is 1. The number of hydrogen-bond donors (Lipinski definition) is 1. The van der Waals surface area contributed by atoms with E-state index in [1.165, 1.54) is 0 Å². The first kappa shape index (κ1) is 19.3. The number of ether oxygens (including phenoxy) is 1. The Bertz CT molecular complexity index is 981. The molecule has 1 amide bonds. The van der Waals surface area contributed by atoms with Crippen molar-refractivity contribution >= 4 is 17.4 Å². The number of rotatable bonds is 7. The third-order valence-corrected chi connectivity index (χ3v) is 4.18. The molecule has 1 aromatic heterocycles. The van der Waals surface area contributed by atoms with Crippen molar-refractivity contribution in [2.24, 2.45) is 0 Å². The van der Waals surface area contributed by atoms with E-state index in [0.717, 1.165) is 22.6 Å². The lowest BCUT2D eigenvalue weighted by atomic mass is 10.0. The lowest BCUT2D eigenvalue weighted by Crippen LogP contribution is -2.16. The molecular formula is C23H22N2O3. The fraction of sp³-hybridized carbons (Fsp3) is 0.174. The number of amides is 1. The number of aryl methyl sites for hydroxylation is 1. The minimum atomic E-state index is -0.348. The van der Waals surface area contributed by atoms with Crippen molar-refractivity contribution in [3.8, 4) is 16.9 Å². The fourth-order valence-electron chi connectivity index (χ4n) is 2.85. The van der Waals surface area contributed by atoms with Crippen molar-refractivity contribution < 1.29 is 14.3 Å². The molecule has 3 aromatic rings. The number of nitrogens with zero attached hydrogens (tertiary/aromatic N) is 1. The lowest BCUT2D eigenvalue weighted by Gasteiger charge is -2.08. The first-order valence-corrected chi connectivity index (χ1v) is 9.14. The van der Waals surface area contributed by atoms with Gasteiger partial charge in [-0.15, -0.1) is 0 Å². The number of ketones is 1. The molecule has 0 saturated heterocycles. The summed E-state index contributed by atoms with van der Waals surface area (Å²) in [5.74, 6) is 0.162. The fourth-order valence-corrected chi connectivity index (χ4v) is 2.85. The van der Waals surface area contributed by atoms with E-state index in [1.807, 2.05) is 38.1 Å². The molecule has 1 N–H and O–H groups in total. The Balaban J connectivity index is 1.65. The molecular weight excluding hydrogens is 352 g/mol. The van der Waals surface area contributed by atoms with Crippen LogP contribution in [0, 0.1) is 6.92 Å². The van der Waals surface area contributed by atoms with Crippen LogP contribution < -0.4 is 10.1 Å². The van der Waals surface area contributed by atoms with E-state index in [0.29, 0.717) is 17.9 Å². The van der Waals surface area contributed by atoms with Crippen LogP contribution in [0.25, 0.3) is 11.1 Å². The van der Waals surface area contributed by atoms with E-state index < -0.39 is 0 Å². The van der Waals surface area contributed by atoms with Crippen LogP contribution in [0.5, 0.6) is 5.75 Å². The second-order valence-corrected chi connectivity index (χ2v) is 6.37. The molecule has 0 aliphatic heterocycles. The maximum Gasteiger partial charge on any atom is 0.232 e. The van der Waals surface area contributed by atoms with Crippen LogP contribution in [0.3, 0.4) is 0 Å². The number of benzene rings is 2. The summed E-state index contributed by atoms with van der Waals surface area (Å²) in [6.45, 7) is 4.41. The van der Waals surface area contributed by atoms with Crippen molar-refractivity contribution in [2.75, 3.05) is 11.9 Å². The number of pyridine rings is 1. The number of anilines is 1. The molecule has 0 atom stereocenters. The molecule has 0 aliphatic carbocycles. The smallest absolute Gasteiger partial charge is 0.232 e. The Morgan fingerprint density at radius 3 is 2.46 bits per heavy atom. The van der Waals surface area contributed by atoms with Gasteiger partial charge in [0.25, 0.3) is 0 Å². The van der Waals surface area contributed by atoms with E-state index >= 15 is 0 Å². The molecule has 0 aliphatic rings. The normalized spacial score (nSPS) is 10.4. The second kappa shape index (κ2) is 8.95. The molecule has 0 saturated carbocycles. The topological polar surface area (TPSA) is 68.3 Å². The summed E-state index contributed by atoms with van der Waals surface area (Å²) in [6.07, 6.45) is 1.52. The van der Waals surface area contributed by atoms with Crippen LogP contribution >= 0.6 is 0 Å². The Morgan fingerprint density at radius 2 is 1.75 bits per heavy atom. The van der Waals surface area contributed by atoms with Crippen molar-refractivity contribution in [2.45, 2.75) is 20.3 Å². The molecule has 0 radical (unpaired) electrons. The Morgan fingerprint density at radius 1 is 1.00 bits per heavy atom. The van der Waals surface area contributed by atoms with E-state index in [2.05, 4.69) is 10.3 Å². The highest BCUT2D eigenvalue weighted by Crippen LogP contribution is 2.21. The van der Waals surface area contributed by atoms with Crippen LogP contribution in [0.15, 0.2) is 66.9 Å². The molecule has 3 rings (SSSR count). The third-order valence-electron chi connectivity index (χ3n) is 4.18. The van der Waals surface area contributed by atoms with Gasteiger partial charge in [0.1, 0.15) is 5.75 Å². The van der Waals surface area contributed by atoms with Crippen LogP contribution in [-0.4, -0.2) is 23.3 Å². The van der Waals surface area contributed by atoms with Crippen molar-refractivity contribution in [1.29, 1.82) is 0 Å². The summed E-state index contributed by atoms with van der Waals surface area (Å²) >= 11 is 0. The van der Waals surface area contributed by atoms with Gasteiger partial charge >= 0.3 is 0 Å². The molecule has 1 heterocycles.